The van der Waals surface area contributed by atoms with E-state index in [1.807, 2.05) is 0 Å². The summed E-state index contributed by atoms with van der Waals surface area (Å²) in [6.45, 7) is 2.17. The van der Waals surface area contributed by atoms with Crippen LogP contribution in [0.2, 0.25) is 0 Å². The van der Waals surface area contributed by atoms with Gasteiger partial charge in [0.2, 0.25) is 0 Å². The van der Waals surface area contributed by atoms with Crippen LogP contribution in [-0.4, -0.2) is 11.9 Å². The third-order valence-corrected chi connectivity index (χ3v) is 10.4. The second-order valence-corrected chi connectivity index (χ2v) is 11.2. The zero-order valence-corrected chi connectivity index (χ0v) is 16.8. The van der Waals surface area contributed by atoms with Crippen molar-refractivity contribution in [2.75, 3.05) is 11.9 Å². The van der Waals surface area contributed by atoms with Crippen molar-refractivity contribution >= 4 is 35.8 Å². The maximum atomic E-state index is 4.44. The van der Waals surface area contributed by atoms with Crippen LogP contribution in [0.5, 0.6) is 0 Å². The van der Waals surface area contributed by atoms with Crippen molar-refractivity contribution in [3.63, 3.8) is 0 Å². The number of thiol groups is 1. The Labute approximate surface area is 158 Å². The molecule has 3 aromatic carbocycles. The minimum atomic E-state index is -2.02. The Morgan fingerprint density at radius 1 is 0.640 bits per heavy atom. The normalized spacial score (nSPS) is 12.1. The number of hydrogen-bond acceptors (Lipinski definition) is 1. The van der Waals surface area contributed by atoms with Gasteiger partial charge in [0.25, 0.3) is 0 Å². The Bertz CT molecular complexity index is 727. The Morgan fingerprint density at radius 3 is 1.60 bits per heavy atom. The van der Waals surface area contributed by atoms with E-state index >= 15 is 0 Å². The first-order valence-electron chi connectivity index (χ1n) is 9.06. The number of hydrogen-bond donors (Lipinski definition) is 1. The van der Waals surface area contributed by atoms with Gasteiger partial charge in [0.1, 0.15) is 0 Å². The molecule has 0 saturated carbocycles. The minimum absolute atomic E-state index is 0.960. The molecule has 0 aliphatic rings. The molecule has 0 N–H and O–H groups in total. The molecular weight excluding hydrogens is 339 g/mol. The van der Waals surface area contributed by atoms with Crippen LogP contribution in [-0.2, 0) is 0 Å². The Balaban J connectivity index is 2.21. The molecule has 0 spiro atoms. The summed E-state index contributed by atoms with van der Waals surface area (Å²) in [4.78, 5) is 0. The average molecular weight is 367 g/mol. The van der Waals surface area contributed by atoms with Crippen molar-refractivity contribution in [1.82, 2.24) is 0 Å². The van der Waals surface area contributed by atoms with Gasteiger partial charge in [-0.25, -0.2) is 0 Å². The van der Waals surface area contributed by atoms with Gasteiger partial charge < -0.3 is 0 Å². The van der Waals surface area contributed by atoms with E-state index < -0.39 is 7.26 Å². The van der Waals surface area contributed by atoms with E-state index in [0.717, 1.165) is 5.75 Å². The van der Waals surface area contributed by atoms with Gasteiger partial charge in [-0.05, 0) is 0 Å². The zero-order chi connectivity index (χ0) is 17.5. The van der Waals surface area contributed by atoms with Gasteiger partial charge in [0, 0.05) is 0 Å². The fourth-order valence-electron chi connectivity index (χ4n) is 3.72. The average Bonchev–Trinajstić information content (AvgIpc) is 2.68. The van der Waals surface area contributed by atoms with Crippen molar-refractivity contribution in [1.29, 1.82) is 0 Å². The first-order chi connectivity index (χ1) is 12.3. The van der Waals surface area contributed by atoms with Crippen molar-refractivity contribution in [2.24, 2.45) is 0 Å². The van der Waals surface area contributed by atoms with E-state index in [0.29, 0.717) is 0 Å². The van der Waals surface area contributed by atoms with Crippen molar-refractivity contribution in [3.05, 3.63) is 90.5 Å². The zero-order valence-electron chi connectivity index (χ0n) is 14.9. The molecule has 0 heterocycles. The first kappa shape index (κ1) is 18.2. The molecular formula is C23H27PS. The maximum absolute atomic E-state index is 4.44. The van der Waals surface area contributed by atoms with Gasteiger partial charge in [0.15, 0.2) is 0 Å². The van der Waals surface area contributed by atoms with E-state index in [2.05, 4.69) is 104 Å². The van der Waals surface area contributed by atoms with E-state index in [-0.39, 0.29) is 0 Å². The van der Waals surface area contributed by atoms with Crippen LogP contribution in [0, 0.1) is 6.92 Å². The number of rotatable bonds is 7. The number of benzene rings is 3. The van der Waals surface area contributed by atoms with E-state index in [4.69, 9.17) is 0 Å². The molecule has 2 heteroatoms. The third kappa shape index (κ3) is 4.00. The molecule has 0 fully saturated rings. The molecule has 0 bridgehead atoms. The van der Waals surface area contributed by atoms with E-state index in [1.165, 1.54) is 40.5 Å². The standard InChI is InChI=1S/C23H27PS/c1-20-14-16-23(17-15-20)24(18-8-9-19-25,21-10-4-2-5-11-21)22-12-6-3-7-13-22/h2-7,10-17,24-25H,8-9,18-19H2,1H3. The summed E-state index contributed by atoms with van der Waals surface area (Å²) >= 11 is 4.44. The van der Waals surface area contributed by atoms with Crippen molar-refractivity contribution in [3.8, 4) is 0 Å². The van der Waals surface area contributed by atoms with Gasteiger partial charge >= 0.3 is 158 Å². The predicted molar refractivity (Wildman–Crippen MR) is 119 cm³/mol. The van der Waals surface area contributed by atoms with Crippen LogP contribution in [0.1, 0.15) is 18.4 Å². The summed E-state index contributed by atoms with van der Waals surface area (Å²) < 4.78 is 0. The molecule has 3 rings (SSSR count). The third-order valence-electron chi connectivity index (χ3n) is 5.04. The molecule has 130 valence electrons. The van der Waals surface area contributed by atoms with Crippen LogP contribution in [0.15, 0.2) is 84.9 Å². The fourth-order valence-corrected chi connectivity index (χ4v) is 8.85. The first-order valence-corrected chi connectivity index (χ1v) is 11.9. The molecule has 0 aliphatic heterocycles. The van der Waals surface area contributed by atoms with Crippen LogP contribution in [0.25, 0.3) is 0 Å². The summed E-state index contributed by atoms with van der Waals surface area (Å²) in [5, 5.41) is 4.52. The Hall–Kier alpha value is -1.56. The number of aryl methyl sites for hydroxylation is 1. The molecule has 0 amide bonds. The van der Waals surface area contributed by atoms with E-state index in [1.54, 1.807) is 0 Å². The molecule has 0 aromatic heterocycles. The van der Waals surface area contributed by atoms with E-state index in [9.17, 15) is 0 Å². The Kier molecular flexibility index (Phi) is 6.34. The van der Waals surface area contributed by atoms with Crippen LogP contribution >= 0.6 is 19.9 Å². The number of unbranched alkanes of at least 4 members (excludes halogenated alkanes) is 1. The second-order valence-electron chi connectivity index (χ2n) is 6.68. The molecule has 25 heavy (non-hydrogen) atoms. The summed E-state index contributed by atoms with van der Waals surface area (Å²) in [5.74, 6) is 0.960. The predicted octanol–water partition coefficient (Wildman–Crippen LogP) is 4.73. The van der Waals surface area contributed by atoms with Crippen LogP contribution in [0.3, 0.4) is 0 Å². The van der Waals surface area contributed by atoms with Crippen molar-refractivity contribution in [2.45, 2.75) is 19.8 Å². The van der Waals surface area contributed by atoms with Gasteiger partial charge in [0.05, 0.1) is 0 Å². The summed E-state index contributed by atoms with van der Waals surface area (Å²) in [6, 6.07) is 31.6. The van der Waals surface area contributed by atoms with Crippen molar-refractivity contribution < 1.29 is 0 Å². The molecule has 0 saturated heterocycles. The Morgan fingerprint density at radius 2 is 1.12 bits per heavy atom. The van der Waals surface area contributed by atoms with Crippen LogP contribution < -0.4 is 15.9 Å². The molecule has 3 aromatic rings. The summed E-state index contributed by atoms with van der Waals surface area (Å²) in [7, 11) is -2.02. The van der Waals surface area contributed by atoms with Gasteiger partial charge in [-0.3, -0.25) is 0 Å². The van der Waals surface area contributed by atoms with Gasteiger partial charge in [-0.2, -0.15) is 0 Å². The molecule has 0 unspecified atom stereocenters. The van der Waals surface area contributed by atoms with Gasteiger partial charge in [-0.1, -0.05) is 0 Å². The quantitative estimate of drug-likeness (QED) is 0.349. The topological polar surface area (TPSA) is 0 Å². The monoisotopic (exact) mass is 366 g/mol. The molecule has 0 aliphatic carbocycles. The molecule has 0 nitrogen and oxygen atoms in total. The summed E-state index contributed by atoms with van der Waals surface area (Å²) in [5.41, 5.74) is 1.32. The summed E-state index contributed by atoms with van der Waals surface area (Å²) in [6.07, 6.45) is 3.61. The van der Waals surface area contributed by atoms with Crippen LogP contribution in [0.4, 0.5) is 0 Å². The van der Waals surface area contributed by atoms with Gasteiger partial charge in [-0.15, -0.1) is 0 Å². The SMILES string of the molecule is Cc1ccc([PH](CCCCS)(c2ccccc2)c2ccccc2)cc1. The molecule has 0 atom stereocenters. The second kappa shape index (κ2) is 8.70. The fraction of sp³-hybridized carbons (Fsp3) is 0.217. The molecule has 0 radical (unpaired) electrons.